The minimum Gasteiger partial charge on any atom is -0.348 e. The van der Waals surface area contributed by atoms with Gasteiger partial charge in [0.25, 0.3) is 0 Å². The molecule has 0 amide bonds. The summed E-state index contributed by atoms with van der Waals surface area (Å²) in [6.07, 6.45) is 16.8. The van der Waals surface area contributed by atoms with Crippen molar-refractivity contribution in [1.82, 2.24) is 0 Å². The van der Waals surface area contributed by atoms with Crippen LogP contribution in [0.1, 0.15) is 127 Å². The third-order valence-corrected chi connectivity index (χ3v) is 7.80. The van der Waals surface area contributed by atoms with E-state index in [9.17, 15) is 5.26 Å². The Morgan fingerprint density at radius 3 is 2.06 bits per heavy atom. The van der Waals surface area contributed by atoms with Gasteiger partial charge in [0, 0.05) is 11.5 Å². The van der Waals surface area contributed by atoms with Crippen LogP contribution >= 0.6 is 0 Å². The molecule has 1 aromatic carbocycles. The molecule has 0 spiro atoms. The topological polar surface area (TPSA) is 42.2 Å². The summed E-state index contributed by atoms with van der Waals surface area (Å²) >= 11 is 0. The van der Waals surface area contributed by atoms with Crippen molar-refractivity contribution in [3.8, 4) is 6.07 Å². The van der Waals surface area contributed by atoms with E-state index in [0.29, 0.717) is 11.8 Å². The summed E-state index contributed by atoms with van der Waals surface area (Å²) in [6, 6.07) is 11.6. The van der Waals surface area contributed by atoms with E-state index in [1.165, 1.54) is 63.4 Å². The van der Waals surface area contributed by atoms with E-state index >= 15 is 0 Å². The molecule has 178 valence electrons. The van der Waals surface area contributed by atoms with Crippen molar-refractivity contribution in [3.63, 3.8) is 0 Å². The average Bonchev–Trinajstić information content (AvgIpc) is 2.85. The molecule has 1 saturated carbocycles. The third-order valence-electron chi connectivity index (χ3n) is 7.80. The van der Waals surface area contributed by atoms with E-state index in [1.54, 1.807) is 0 Å². The Bertz CT molecular complexity index is 676. The zero-order valence-electron chi connectivity index (χ0n) is 20.6. The monoisotopic (exact) mass is 439 g/mol. The molecule has 32 heavy (non-hydrogen) atoms. The first kappa shape index (κ1) is 25.3. The van der Waals surface area contributed by atoms with E-state index in [-0.39, 0.29) is 11.7 Å². The molecule has 0 radical (unpaired) electrons. The van der Waals surface area contributed by atoms with Crippen molar-refractivity contribution >= 4 is 0 Å². The molecule has 1 aliphatic carbocycles. The highest BCUT2D eigenvalue weighted by molar-refractivity contribution is 5.27. The maximum atomic E-state index is 9.80. The van der Waals surface area contributed by atoms with Crippen molar-refractivity contribution in [2.45, 2.75) is 116 Å². The summed E-state index contributed by atoms with van der Waals surface area (Å²) in [5, 5.41) is 9.80. The van der Waals surface area contributed by atoms with Crippen molar-refractivity contribution in [2.75, 3.05) is 13.2 Å². The predicted molar refractivity (Wildman–Crippen MR) is 131 cm³/mol. The maximum absolute atomic E-state index is 9.80. The minimum absolute atomic E-state index is 0.0675. The van der Waals surface area contributed by atoms with Crippen molar-refractivity contribution in [1.29, 1.82) is 5.26 Å². The summed E-state index contributed by atoms with van der Waals surface area (Å²) < 4.78 is 12.1. The van der Waals surface area contributed by atoms with Gasteiger partial charge in [-0.1, -0.05) is 89.5 Å². The van der Waals surface area contributed by atoms with E-state index in [0.717, 1.165) is 50.9 Å². The zero-order chi connectivity index (χ0) is 22.7. The summed E-state index contributed by atoms with van der Waals surface area (Å²) in [5.41, 5.74) is 2.48. The maximum Gasteiger partial charge on any atom is 0.183 e. The number of unbranched alkanes of at least 4 members (excludes halogenated alkanes) is 6. The fraction of sp³-hybridized carbons (Fsp3) is 0.759. The molecule has 0 aromatic heterocycles. The van der Waals surface area contributed by atoms with Gasteiger partial charge >= 0.3 is 0 Å². The predicted octanol–water partition coefficient (Wildman–Crippen LogP) is 8.46. The molecule has 2 fully saturated rings. The van der Waals surface area contributed by atoms with E-state index in [1.807, 2.05) is 0 Å². The SMILES string of the molecule is CCCCCCCC1COC(c2ccc(C3CCC(C#N)(CCCCC)CC3)cc2)OC1. The lowest BCUT2D eigenvalue weighted by atomic mass is 9.67. The first-order valence-corrected chi connectivity index (χ1v) is 13.4. The number of nitriles is 1. The summed E-state index contributed by atoms with van der Waals surface area (Å²) in [4.78, 5) is 0. The highest BCUT2D eigenvalue weighted by Crippen LogP contribution is 2.45. The Hall–Kier alpha value is -1.37. The molecule has 1 aromatic rings. The van der Waals surface area contributed by atoms with Crippen LogP contribution in [0.5, 0.6) is 0 Å². The van der Waals surface area contributed by atoms with Gasteiger partial charge in [-0.3, -0.25) is 0 Å². The molecule has 3 nitrogen and oxygen atoms in total. The molecule has 2 aliphatic rings. The summed E-state index contributed by atoms with van der Waals surface area (Å²) in [7, 11) is 0. The highest BCUT2D eigenvalue weighted by Gasteiger charge is 2.35. The van der Waals surface area contributed by atoms with Crippen LogP contribution in [0.3, 0.4) is 0 Å². The van der Waals surface area contributed by atoms with Gasteiger partial charge in [-0.05, 0) is 50.0 Å². The second kappa shape index (κ2) is 13.4. The summed E-state index contributed by atoms with van der Waals surface area (Å²) in [5.74, 6) is 1.13. The van der Waals surface area contributed by atoms with Crippen LogP contribution in [-0.2, 0) is 9.47 Å². The molecular formula is C29H45NO2. The number of hydrogen-bond acceptors (Lipinski definition) is 3. The Morgan fingerprint density at radius 1 is 0.844 bits per heavy atom. The molecule has 0 N–H and O–H groups in total. The first-order chi connectivity index (χ1) is 15.7. The smallest absolute Gasteiger partial charge is 0.183 e. The Labute approximate surface area is 196 Å². The van der Waals surface area contributed by atoms with Gasteiger partial charge in [-0.15, -0.1) is 0 Å². The third kappa shape index (κ3) is 7.32. The van der Waals surface area contributed by atoms with Crippen molar-refractivity contribution in [2.24, 2.45) is 11.3 Å². The molecular weight excluding hydrogens is 394 g/mol. The number of hydrogen-bond donors (Lipinski definition) is 0. The van der Waals surface area contributed by atoms with Gasteiger partial charge in [-0.2, -0.15) is 5.26 Å². The average molecular weight is 440 g/mol. The highest BCUT2D eigenvalue weighted by atomic mass is 16.7. The lowest BCUT2D eigenvalue weighted by Crippen LogP contribution is -2.27. The van der Waals surface area contributed by atoms with Gasteiger partial charge in [-0.25, -0.2) is 0 Å². The van der Waals surface area contributed by atoms with Crippen LogP contribution in [-0.4, -0.2) is 13.2 Å². The Balaban J connectivity index is 1.42. The lowest BCUT2D eigenvalue weighted by molar-refractivity contribution is -0.206. The molecule has 0 bridgehead atoms. The summed E-state index contributed by atoms with van der Waals surface area (Å²) in [6.45, 7) is 6.13. The van der Waals surface area contributed by atoms with Gasteiger partial charge in [0.2, 0.25) is 0 Å². The Morgan fingerprint density at radius 2 is 1.44 bits per heavy atom. The van der Waals surface area contributed by atoms with E-state index in [2.05, 4.69) is 44.2 Å². The lowest BCUT2D eigenvalue weighted by Gasteiger charge is -2.35. The number of rotatable bonds is 12. The van der Waals surface area contributed by atoms with Crippen LogP contribution in [0.4, 0.5) is 0 Å². The van der Waals surface area contributed by atoms with Crippen LogP contribution in [0.15, 0.2) is 24.3 Å². The second-order valence-corrected chi connectivity index (χ2v) is 10.4. The van der Waals surface area contributed by atoms with E-state index in [4.69, 9.17) is 9.47 Å². The number of ether oxygens (including phenoxy) is 2. The van der Waals surface area contributed by atoms with Crippen LogP contribution in [0, 0.1) is 22.7 Å². The molecule has 1 heterocycles. The normalized spacial score (nSPS) is 28.3. The van der Waals surface area contributed by atoms with Crippen molar-refractivity contribution in [3.05, 3.63) is 35.4 Å². The fourth-order valence-electron chi connectivity index (χ4n) is 5.50. The second-order valence-electron chi connectivity index (χ2n) is 10.4. The minimum atomic E-state index is -0.212. The molecule has 1 aliphatic heterocycles. The number of benzene rings is 1. The van der Waals surface area contributed by atoms with Gasteiger partial charge in [0.05, 0.1) is 24.7 Å². The van der Waals surface area contributed by atoms with Gasteiger partial charge < -0.3 is 9.47 Å². The Kier molecular flexibility index (Phi) is 10.5. The van der Waals surface area contributed by atoms with E-state index < -0.39 is 0 Å². The zero-order valence-corrected chi connectivity index (χ0v) is 20.6. The quantitative estimate of drug-likeness (QED) is 0.307. The fourth-order valence-corrected chi connectivity index (χ4v) is 5.50. The molecule has 0 unspecified atom stereocenters. The molecule has 3 rings (SSSR count). The first-order valence-electron chi connectivity index (χ1n) is 13.4. The van der Waals surface area contributed by atoms with Crippen LogP contribution in [0.25, 0.3) is 0 Å². The van der Waals surface area contributed by atoms with Crippen LogP contribution in [0.2, 0.25) is 0 Å². The largest absolute Gasteiger partial charge is 0.348 e. The van der Waals surface area contributed by atoms with Crippen LogP contribution < -0.4 is 0 Å². The standard InChI is InChI=1S/C29H45NO2/c1-3-5-7-8-9-11-24-21-31-28(32-22-24)27-14-12-25(13-15-27)26-16-19-29(23-30,20-17-26)18-10-6-4-2/h12-15,24,26,28H,3-11,16-22H2,1-2H3. The van der Waals surface area contributed by atoms with Crippen molar-refractivity contribution < 1.29 is 9.47 Å². The molecule has 3 heteroatoms. The van der Waals surface area contributed by atoms with Gasteiger partial charge in [0.15, 0.2) is 6.29 Å². The molecule has 0 atom stereocenters. The van der Waals surface area contributed by atoms with Gasteiger partial charge in [0.1, 0.15) is 0 Å². The number of nitrogens with zero attached hydrogens (tertiary/aromatic N) is 1. The molecule has 1 saturated heterocycles.